The van der Waals surface area contributed by atoms with Crippen LogP contribution in [-0.4, -0.2) is 15.0 Å². The Hall–Kier alpha value is -2.01. The number of anilines is 1. The Kier molecular flexibility index (Phi) is 4.06. The summed E-state index contributed by atoms with van der Waals surface area (Å²) >= 11 is 5.09. The molecule has 0 saturated carbocycles. The van der Waals surface area contributed by atoms with Gasteiger partial charge in [-0.1, -0.05) is 18.3 Å². The summed E-state index contributed by atoms with van der Waals surface area (Å²) < 4.78 is 0. The summed E-state index contributed by atoms with van der Waals surface area (Å²) in [7, 11) is 0. The summed E-state index contributed by atoms with van der Waals surface area (Å²) in [6.45, 7) is 4.01. The van der Waals surface area contributed by atoms with Crippen LogP contribution in [0.2, 0.25) is 0 Å². The van der Waals surface area contributed by atoms with E-state index in [1.165, 1.54) is 0 Å². The first-order chi connectivity index (χ1) is 9.09. The molecule has 5 heteroatoms. The highest BCUT2D eigenvalue weighted by molar-refractivity contribution is 7.80. The van der Waals surface area contributed by atoms with Gasteiger partial charge in [0.1, 0.15) is 10.8 Å². The van der Waals surface area contributed by atoms with Crippen molar-refractivity contribution in [3.63, 3.8) is 0 Å². The predicted octanol–water partition coefficient (Wildman–Crippen LogP) is 2.59. The van der Waals surface area contributed by atoms with Crippen LogP contribution in [0.1, 0.15) is 29.7 Å². The van der Waals surface area contributed by atoms with Gasteiger partial charge in [0.2, 0.25) is 0 Å². The number of nitrogens with two attached hydrogens (primary N) is 1. The second kappa shape index (κ2) is 5.75. The van der Waals surface area contributed by atoms with Crippen molar-refractivity contribution in [3.8, 4) is 0 Å². The fourth-order valence-corrected chi connectivity index (χ4v) is 2.16. The number of hydrogen-bond donors (Lipinski definition) is 2. The van der Waals surface area contributed by atoms with Crippen molar-refractivity contribution >= 4 is 23.0 Å². The summed E-state index contributed by atoms with van der Waals surface area (Å²) in [6.07, 6.45) is 5.32. The topological polar surface area (TPSA) is 63.8 Å². The van der Waals surface area contributed by atoms with E-state index in [2.05, 4.69) is 15.3 Å². The third kappa shape index (κ3) is 3.06. The van der Waals surface area contributed by atoms with Gasteiger partial charge in [0, 0.05) is 18.6 Å². The number of pyridine rings is 2. The summed E-state index contributed by atoms with van der Waals surface area (Å²) in [5.41, 5.74) is 8.67. The lowest BCUT2D eigenvalue weighted by atomic mass is 10.1. The number of rotatable bonds is 4. The number of aryl methyl sites for hydroxylation is 1. The van der Waals surface area contributed by atoms with Crippen LogP contribution in [-0.2, 0) is 0 Å². The van der Waals surface area contributed by atoms with E-state index in [0.29, 0.717) is 10.8 Å². The minimum absolute atomic E-state index is 0.0797. The highest BCUT2D eigenvalue weighted by atomic mass is 32.1. The molecule has 0 amide bonds. The summed E-state index contributed by atoms with van der Waals surface area (Å²) in [5.74, 6) is 0.712. The number of thiocarbonyl (C=S) groups is 1. The van der Waals surface area contributed by atoms with Crippen LogP contribution in [0, 0.1) is 6.92 Å². The molecule has 0 bridgehead atoms. The fourth-order valence-electron chi connectivity index (χ4n) is 1.90. The molecule has 0 fully saturated rings. The van der Waals surface area contributed by atoms with Crippen molar-refractivity contribution in [2.45, 2.75) is 19.9 Å². The molecule has 2 aromatic heterocycles. The molecule has 0 spiro atoms. The van der Waals surface area contributed by atoms with Crippen LogP contribution in [0.3, 0.4) is 0 Å². The molecule has 0 aliphatic carbocycles. The minimum atomic E-state index is 0.0797. The van der Waals surface area contributed by atoms with Crippen LogP contribution >= 0.6 is 12.2 Å². The molecule has 4 nitrogen and oxygen atoms in total. The lowest BCUT2D eigenvalue weighted by molar-refractivity contribution is 0.865. The molecule has 98 valence electrons. The Morgan fingerprint density at radius 2 is 2.16 bits per heavy atom. The summed E-state index contributed by atoms with van der Waals surface area (Å²) in [5, 5.41) is 3.33. The number of aromatic nitrogens is 2. The lowest BCUT2D eigenvalue weighted by Gasteiger charge is -2.17. The molecule has 1 unspecified atom stereocenters. The Morgan fingerprint density at radius 3 is 2.79 bits per heavy atom. The Bertz CT molecular complexity index is 583. The number of nitrogens with zero attached hydrogens (tertiary/aromatic N) is 2. The molecule has 2 rings (SSSR count). The van der Waals surface area contributed by atoms with Crippen molar-refractivity contribution in [2.24, 2.45) is 5.73 Å². The van der Waals surface area contributed by atoms with Gasteiger partial charge in [0.25, 0.3) is 0 Å². The van der Waals surface area contributed by atoms with E-state index in [1.54, 1.807) is 12.4 Å². The standard InChI is InChI=1S/C14H16N4S/c1-9-5-7-17-14(12(9)13(15)19)18-10(2)11-4-3-6-16-8-11/h3-8,10H,1-2H3,(H2,15,19)(H,17,18). The molecular formula is C14H16N4S. The van der Waals surface area contributed by atoms with E-state index >= 15 is 0 Å². The van der Waals surface area contributed by atoms with Gasteiger partial charge < -0.3 is 11.1 Å². The molecule has 0 aliphatic rings. The van der Waals surface area contributed by atoms with E-state index < -0.39 is 0 Å². The molecule has 0 radical (unpaired) electrons. The maximum Gasteiger partial charge on any atom is 0.136 e. The maximum absolute atomic E-state index is 5.77. The molecule has 0 aliphatic heterocycles. The first-order valence-corrected chi connectivity index (χ1v) is 6.42. The van der Waals surface area contributed by atoms with Crippen molar-refractivity contribution in [3.05, 3.63) is 53.5 Å². The average Bonchev–Trinajstić information content (AvgIpc) is 2.39. The van der Waals surface area contributed by atoms with Gasteiger partial charge >= 0.3 is 0 Å². The Balaban J connectivity index is 2.29. The zero-order valence-electron chi connectivity index (χ0n) is 10.9. The van der Waals surface area contributed by atoms with Gasteiger partial charge in [-0.3, -0.25) is 4.98 Å². The molecule has 0 saturated heterocycles. The zero-order valence-corrected chi connectivity index (χ0v) is 11.7. The van der Waals surface area contributed by atoms with Gasteiger partial charge in [-0.25, -0.2) is 4.98 Å². The first kappa shape index (κ1) is 13.4. The normalized spacial score (nSPS) is 11.9. The zero-order chi connectivity index (χ0) is 13.8. The monoisotopic (exact) mass is 272 g/mol. The van der Waals surface area contributed by atoms with Crippen LogP contribution in [0.4, 0.5) is 5.82 Å². The van der Waals surface area contributed by atoms with E-state index in [9.17, 15) is 0 Å². The predicted molar refractivity (Wildman–Crippen MR) is 81.1 cm³/mol. The molecule has 2 heterocycles. The van der Waals surface area contributed by atoms with Crippen molar-refractivity contribution < 1.29 is 0 Å². The molecule has 3 N–H and O–H groups in total. The van der Waals surface area contributed by atoms with Crippen molar-refractivity contribution in [2.75, 3.05) is 5.32 Å². The van der Waals surface area contributed by atoms with Gasteiger partial charge in [-0.2, -0.15) is 0 Å². The molecular weight excluding hydrogens is 256 g/mol. The van der Waals surface area contributed by atoms with E-state index in [4.69, 9.17) is 18.0 Å². The average molecular weight is 272 g/mol. The maximum atomic E-state index is 5.77. The Labute approximate surface area is 118 Å². The van der Waals surface area contributed by atoms with Gasteiger partial charge in [0.15, 0.2) is 0 Å². The van der Waals surface area contributed by atoms with Crippen LogP contribution < -0.4 is 11.1 Å². The molecule has 2 aromatic rings. The van der Waals surface area contributed by atoms with Crippen LogP contribution in [0.25, 0.3) is 0 Å². The molecule has 19 heavy (non-hydrogen) atoms. The SMILES string of the molecule is Cc1ccnc(NC(C)c2cccnc2)c1C(N)=S. The van der Waals surface area contributed by atoms with E-state index in [0.717, 1.165) is 16.7 Å². The first-order valence-electron chi connectivity index (χ1n) is 6.01. The second-order valence-electron chi connectivity index (χ2n) is 4.37. The van der Waals surface area contributed by atoms with Gasteiger partial charge in [-0.05, 0) is 37.1 Å². The van der Waals surface area contributed by atoms with Crippen LogP contribution in [0.5, 0.6) is 0 Å². The number of hydrogen-bond acceptors (Lipinski definition) is 4. The van der Waals surface area contributed by atoms with E-state index in [1.807, 2.05) is 38.2 Å². The largest absolute Gasteiger partial charge is 0.389 e. The fraction of sp³-hybridized carbons (Fsp3) is 0.214. The van der Waals surface area contributed by atoms with Gasteiger partial charge in [0.05, 0.1) is 11.6 Å². The number of nitrogens with one attached hydrogen (secondary N) is 1. The van der Waals surface area contributed by atoms with Crippen molar-refractivity contribution in [1.29, 1.82) is 0 Å². The third-order valence-corrected chi connectivity index (χ3v) is 3.15. The smallest absolute Gasteiger partial charge is 0.136 e. The van der Waals surface area contributed by atoms with Crippen molar-refractivity contribution in [1.82, 2.24) is 9.97 Å². The lowest BCUT2D eigenvalue weighted by Crippen LogP contribution is -2.17. The van der Waals surface area contributed by atoms with E-state index in [-0.39, 0.29) is 6.04 Å². The third-order valence-electron chi connectivity index (χ3n) is 2.94. The van der Waals surface area contributed by atoms with Gasteiger partial charge in [-0.15, -0.1) is 0 Å². The quantitative estimate of drug-likeness (QED) is 0.838. The highest BCUT2D eigenvalue weighted by Crippen LogP contribution is 2.22. The highest BCUT2D eigenvalue weighted by Gasteiger charge is 2.13. The summed E-state index contributed by atoms with van der Waals surface area (Å²) in [6, 6.07) is 5.90. The summed E-state index contributed by atoms with van der Waals surface area (Å²) in [4.78, 5) is 8.79. The van der Waals surface area contributed by atoms with Crippen LogP contribution in [0.15, 0.2) is 36.8 Å². The minimum Gasteiger partial charge on any atom is -0.389 e. The Morgan fingerprint density at radius 1 is 1.37 bits per heavy atom. The molecule has 1 atom stereocenters. The second-order valence-corrected chi connectivity index (χ2v) is 4.81. The molecule has 0 aromatic carbocycles.